The zero-order valence-electron chi connectivity index (χ0n) is 16.6. The zero-order valence-corrected chi connectivity index (χ0v) is 17.4. The third-order valence-corrected chi connectivity index (χ3v) is 7.97. The summed E-state index contributed by atoms with van der Waals surface area (Å²) >= 11 is 6.16. The molecular weight excluding hydrogens is 391 g/mol. The summed E-state index contributed by atoms with van der Waals surface area (Å²) in [4.78, 5) is 27.7. The number of carbonyl (C=O) groups is 2. The molecule has 0 heterocycles. The van der Waals surface area contributed by atoms with Gasteiger partial charge in [-0.05, 0) is 81.3 Å². The largest absolute Gasteiger partial charge is 0.347 e. The highest BCUT2D eigenvalue weighted by molar-refractivity contribution is 6.31. The molecule has 5 saturated carbocycles. The number of rotatable bonds is 6. The van der Waals surface area contributed by atoms with Crippen LogP contribution in [-0.4, -0.2) is 29.3 Å². The molecule has 1 aromatic carbocycles. The van der Waals surface area contributed by atoms with Crippen LogP contribution in [0.1, 0.15) is 56.9 Å². The second-order valence-electron chi connectivity index (χ2n) is 9.83. The van der Waals surface area contributed by atoms with E-state index in [9.17, 15) is 14.0 Å². The molecule has 5 aliphatic rings. The normalized spacial score (nSPS) is 32.3. The van der Waals surface area contributed by atoms with Crippen molar-refractivity contribution in [2.45, 2.75) is 64.0 Å². The highest BCUT2D eigenvalue weighted by Gasteiger charge is 2.54. The van der Waals surface area contributed by atoms with Crippen LogP contribution in [0, 0.1) is 29.0 Å². The molecular formula is C23H28ClFN2O2. The lowest BCUT2D eigenvalue weighted by atomic mass is 9.49. The third-order valence-electron chi connectivity index (χ3n) is 7.62. The Balaban J connectivity index is 1.24. The third kappa shape index (κ3) is 3.67. The monoisotopic (exact) mass is 418 g/mol. The fraction of sp³-hybridized carbons (Fsp3) is 0.652. The van der Waals surface area contributed by atoms with Gasteiger partial charge in [-0.1, -0.05) is 17.7 Å². The first-order valence-corrected chi connectivity index (χ1v) is 11.3. The van der Waals surface area contributed by atoms with Crippen LogP contribution in [0.15, 0.2) is 18.2 Å². The molecule has 0 unspecified atom stereocenters. The molecule has 0 aromatic heterocycles. The van der Waals surface area contributed by atoms with Crippen LogP contribution in [0.3, 0.4) is 0 Å². The summed E-state index contributed by atoms with van der Waals surface area (Å²) in [6, 6.07) is 4.70. The molecule has 1 N–H and O–H groups in total. The molecule has 0 saturated heterocycles. The first kappa shape index (κ1) is 19.3. The molecule has 6 heteroatoms. The summed E-state index contributed by atoms with van der Waals surface area (Å²) in [5.74, 6) is 1.58. The Morgan fingerprint density at radius 3 is 2.28 bits per heavy atom. The van der Waals surface area contributed by atoms with E-state index in [0.29, 0.717) is 28.3 Å². The number of hydrogen-bond donors (Lipinski definition) is 1. The van der Waals surface area contributed by atoms with Crippen LogP contribution < -0.4 is 5.32 Å². The number of carbonyl (C=O) groups excluding carboxylic acids is 2. The fourth-order valence-electron chi connectivity index (χ4n) is 6.49. The van der Waals surface area contributed by atoms with E-state index in [1.165, 1.54) is 25.3 Å². The average molecular weight is 419 g/mol. The quantitative estimate of drug-likeness (QED) is 0.748. The van der Waals surface area contributed by atoms with Crippen molar-refractivity contribution in [1.82, 2.24) is 10.2 Å². The summed E-state index contributed by atoms with van der Waals surface area (Å²) in [5, 5.41) is 3.30. The number of nitrogens with one attached hydrogen (secondary N) is 1. The van der Waals surface area contributed by atoms with Crippen LogP contribution in [0.4, 0.5) is 4.39 Å². The first-order chi connectivity index (χ1) is 13.9. The Hall–Kier alpha value is -1.62. The smallest absolute Gasteiger partial charge is 0.242 e. The molecule has 156 valence electrons. The molecule has 29 heavy (non-hydrogen) atoms. The van der Waals surface area contributed by atoms with Crippen molar-refractivity contribution in [3.63, 3.8) is 0 Å². The molecule has 5 aliphatic carbocycles. The Bertz CT molecular complexity index is 783. The lowest BCUT2D eigenvalue weighted by molar-refractivity contribution is -0.148. The van der Waals surface area contributed by atoms with Crippen molar-refractivity contribution in [2.75, 3.05) is 6.54 Å². The van der Waals surface area contributed by atoms with Gasteiger partial charge in [-0.25, -0.2) is 4.39 Å². The van der Waals surface area contributed by atoms with Gasteiger partial charge in [0.05, 0.1) is 13.1 Å². The number of benzene rings is 1. The highest BCUT2D eigenvalue weighted by Crippen LogP contribution is 2.60. The topological polar surface area (TPSA) is 49.4 Å². The molecule has 6 rings (SSSR count). The molecule has 4 nitrogen and oxygen atoms in total. The first-order valence-electron chi connectivity index (χ1n) is 10.9. The second kappa shape index (κ2) is 7.26. The van der Waals surface area contributed by atoms with E-state index in [1.807, 2.05) is 0 Å². The molecule has 0 atom stereocenters. The minimum atomic E-state index is -0.395. The zero-order chi connectivity index (χ0) is 20.2. The molecule has 4 bridgehead atoms. The lowest BCUT2D eigenvalue weighted by Crippen LogP contribution is -2.54. The van der Waals surface area contributed by atoms with Crippen LogP contribution in [-0.2, 0) is 16.1 Å². The van der Waals surface area contributed by atoms with Gasteiger partial charge in [-0.15, -0.1) is 0 Å². The summed E-state index contributed by atoms with van der Waals surface area (Å²) in [5.41, 5.74) is 0.0932. The Labute approximate surface area is 176 Å². The fourth-order valence-corrected chi connectivity index (χ4v) is 6.72. The maximum Gasteiger partial charge on any atom is 0.242 e. The van der Waals surface area contributed by atoms with Crippen molar-refractivity contribution in [1.29, 1.82) is 0 Å². The van der Waals surface area contributed by atoms with E-state index in [2.05, 4.69) is 5.32 Å². The van der Waals surface area contributed by atoms with Crippen molar-refractivity contribution < 1.29 is 14.0 Å². The van der Waals surface area contributed by atoms with E-state index in [0.717, 1.165) is 32.1 Å². The van der Waals surface area contributed by atoms with Gasteiger partial charge in [-0.2, -0.15) is 0 Å². The van der Waals surface area contributed by atoms with E-state index in [1.54, 1.807) is 17.0 Å². The minimum Gasteiger partial charge on any atom is -0.347 e. The van der Waals surface area contributed by atoms with Gasteiger partial charge in [0, 0.05) is 22.0 Å². The number of amides is 2. The predicted molar refractivity (Wildman–Crippen MR) is 109 cm³/mol. The van der Waals surface area contributed by atoms with E-state index < -0.39 is 5.82 Å². The molecule has 5 fully saturated rings. The Morgan fingerprint density at radius 1 is 1.10 bits per heavy atom. The number of halogens is 2. The van der Waals surface area contributed by atoms with Crippen LogP contribution in [0.5, 0.6) is 0 Å². The van der Waals surface area contributed by atoms with Gasteiger partial charge in [0.2, 0.25) is 11.8 Å². The summed E-state index contributed by atoms with van der Waals surface area (Å²) in [6.45, 7) is 0.144. The summed E-state index contributed by atoms with van der Waals surface area (Å²) in [7, 11) is 0. The Morgan fingerprint density at radius 2 is 1.72 bits per heavy atom. The van der Waals surface area contributed by atoms with Gasteiger partial charge < -0.3 is 10.2 Å². The van der Waals surface area contributed by atoms with Crippen LogP contribution in [0.2, 0.25) is 5.02 Å². The predicted octanol–water partition coefficient (Wildman–Crippen LogP) is 4.30. The van der Waals surface area contributed by atoms with Gasteiger partial charge in [0.25, 0.3) is 0 Å². The SMILES string of the molecule is O=C(CNC(=O)C12CC3CC(CC(C3)C1)C2)N(Cc1c(F)cccc1Cl)C1CC1. The van der Waals surface area contributed by atoms with E-state index in [4.69, 9.17) is 11.6 Å². The van der Waals surface area contributed by atoms with Gasteiger partial charge in [0.1, 0.15) is 5.82 Å². The molecule has 1 aromatic rings. The minimum absolute atomic E-state index is 0.0108. The number of nitrogens with zero attached hydrogens (tertiary/aromatic N) is 1. The van der Waals surface area contributed by atoms with Crippen molar-refractivity contribution in [3.05, 3.63) is 34.6 Å². The van der Waals surface area contributed by atoms with Crippen LogP contribution in [0.25, 0.3) is 0 Å². The molecule has 2 amide bonds. The Kier molecular flexibility index (Phi) is 4.84. The molecule has 0 radical (unpaired) electrons. The van der Waals surface area contributed by atoms with Crippen molar-refractivity contribution in [3.8, 4) is 0 Å². The molecule has 0 aliphatic heterocycles. The summed E-state index contributed by atoms with van der Waals surface area (Å²) in [6.07, 6.45) is 8.63. The number of hydrogen-bond acceptors (Lipinski definition) is 2. The highest BCUT2D eigenvalue weighted by atomic mass is 35.5. The summed E-state index contributed by atoms with van der Waals surface area (Å²) < 4.78 is 14.2. The lowest BCUT2D eigenvalue weighted by Gasteiger charge is -2.55. The van der Waals surface area contributed by atoms with E-state index >= 15 is 0 Å². The van der Waals surface area contributed by atoms with Crippen LogP contribution >= 0.6 is 11.6 Å². The standard InChI is InChI=1S/C23H28ClFN2O2/c24-19-2-1-3-20(25)18(19)13-27(17-4-5-17)21(28)12-26-22(29)23-9-14-6-15(10-23)8-16(7-14)11-23/h1-3,14-17H,4-13H2,(H,26,29). The van der Waals surface area contributed by atoms with Gasteiger partial charge >= 0.3 is 0 Å². The van der Waals surface area contributed by atoms with Gasteiger partial charge in [-0.3, -0.25) is 9.59 Å². The van der Waals surface area contributed by atoms with Crippen molar-refractivity contribution >= 4 is 23.4 Å². The molecule has 0 spiro atoms. The van der Waals surface area contributed by atoms with E-state index in [-0.39, 0.29) is 36.4 Å². The average Bonchev–Trinajstić information content (AvgIpc) is 3.49. The maximum atomic E-state index is 14.2. The van der Waals surface area contributed by atoms with Gasteiger partial charge in [0.15, 0.2) is 0 Å². The maximum absolute atomic E-state index is 14.2. The van der Waals surface area contributed by atoms with Crippen molar-refractivity contribution in [2.24, 2.45) is 23.2 Å². The second-order valence-corrected chi connectivity index (χ2v) is 10.2.